The van der Waals surface area contributed by atoms with Crippen LogP contribution < -0.4 is 10.1 Å². The average molecular weight is 411 g/mol. The number of H-pyrrole nitrogens is 1. The van der Waals surface area contributed by atoms with E-state index in [9.17, 15) is 4.21 Å². The van der Waals surface area contributed by atoms with E-state index in [-0.39, 0.29) is 6.10 Å². The molecule has 0 saturated carbocycles. The van der Waals surface area contributed by atoms with Crippen molar-refractivity contribution in [1.82, 2.24) is 25.0 Å². The van der Waals surface area contributed by atoms with Gasteiger partial charge in [-0.2, -0.15) is 5.10 Å². The van der Waals surface area contributed by atoms with Gasteiger partial charge in [-0.25, -0.2) is 0 Å². The molecule has 0 radical (unpaired) electrons. The first-order valence-corrected chi connectivity index (χ1v) is 11.6. The normalized spacial score (nSPS) is 22.2. The Kier molecular flexibility index (Phi) is 4.20. The number of ether oxygens (including phenoxy) is 1. The molecule has 0 aliphatic carbocycles. The highest BCUT2D eigenvalue weighted by Crippen LogP contribution is 2.31. The van der Waals surface area contributed by atoms with Crippen molar-refractivity contribution in [1.29, 1.82) is 0 Å². The molecule has 0 bridgehead atoms. The number of hydrogen-bond donors (Lipinski definition) is 2. The number of nitrogens with one attached hydrogen (secondary N) is 2. The van der Waals surface area contributed by atoms with Crippen LogP contribution in [-0.2, 0) is 16.6 Å². The second kappa shape index (κ2) is 6.77. The summed E-state index contributed by atoms with van der Waals surface area (Å²) in [5.74, 6) is 6.34. The molecule has 8 nitrogen and oxygen atoms in total. The first-order chi connectivity index (χ1) is 14.0. The Balaban J connectivity index is 1.40. The van der Waals surface area contributed by atoms with E-state index in [0.29, 0.717) is 23.2 Å². The number of aryl methyl sites for hydroxylation is 1. The monoisotopic (exact) mass is 410 g/mol. The number of hydrogen-bond acceptors (Lipinski definition) is 6. The molecule has 0 atom stereocenters. The molecule has 1 aromatic carbocycles. The minimum absolute atomic E-state index is 0.0312. The number of anilines is 2. The Morgan fingerprint density at radius 3 is 2.97 bits per heavy atom. The third-order valence-corrected chi connectivity index (χ3v) is 7.26. The summed E-state index contributed by atoms with van der Waals surface area (Å²) >= 11 is 0. The highest BCUT2D eigenvalue weighted by Gasteiger charge is 2.23. The van der Waals surface area contributed by atoms with Crippen LogP contribution in [0.5, 0.6) is 5.88 Å². The van der Waals surface area contributed by atoms with Gasteiger partial charge in [0.2, 0.25) is 5.88 Å². The van der Waals surface area contributed by atoms with Crippen LogP contribution in [0.4, 0.5) is 11.5 Å². The topological polar surface area (TPSA) is 97.7 Å². The molecular weight excluding hydrogens is 388 g/mol. The lowest BCUT2D eigenvalue weighted by atomic mass is 10.2. The molecule has 4 heterocycles. The number of benzene rings is 1. The van der Waals surface area contributed by atoms with Gasteiger partial charge < -0.3 is 10.1 Å². The van der Waals surface area contributed by atoms with Gasteiger partial charge in [-0.15, -0.1) is 5.10 Å². The minimum atomic E-state index is -1.92. The van der Waals surface area contributed by atoms with E-state index in [2.05, 4.69) is 31.5 Å². The molecular formula is C20H22N6O2S. The van der Waals surface area contributed by atoms with Crippen molar-refractivity contribution in [2.24, 2.45) is 7.05 Å². The fourth-order valence-corrected chi connectivity index (χ4v) is 5.27. The summed E-state index contributed by atoms with van der Waals surface area (Å²) in [5.41, 5.74) is 3.52. The molecule has 1 aliphatic heterocycles. The van der Waals surface area contributed by atoms with Crippen LogP contribution in [0.3, 0.4) is 0 Å². The molecule has 0 amide bonds. The molecule has 0 spiro atoms. The van der Waals surface area contributed by atoms with E-state index in [1.165, 1.54) is 0 Å². The van der Waals surface area contributed by atoms with Gasteiger partial charge in [-0.1, -0.05) is 0 Å². The minimum Gasteiger partial charge on any atom is -0.473 e. The second-order valence-corrected chi connectivity index (χ2v) is 10.2. The fourth-order valence-electron chi connectivity index (χ4n) is 3.68. The predicted molar refractivity (Wildman–Crippen MR) is 117 cm³/mol. The van der Waals surface area contributed by atoms with E-state index >= 15 is 0 Å². The summed E-state index contributed by atoms with van der Waals surface area (Å²) in [6.07, 6.45) is 3.28. The summed E-state index contributed by atoms with van der Waals surface area (Å²) in [4.78, 5) is 4.38. The van der Waals surface area contributed by atoms with Gasteiger partial charge in [0.25, 0.3) is 0 Å². The van der Waals surface area contributed by atoms with Crippen LogP contribution in [0.1, 0.15) is 12.8 Å². The van der Waals surface area contributed by atoms with Crippen LogP contribution in [0.2, 0.25) is 0 Å². The maximum atomic E-state index is 12.1. The van der Waals surface area contributed by atoms with Crippen molar-refractivity contribution in [3.8, 4) is 5.88 Å². The van der Waals surface area contributed by atoms with Gasteiger partial charge in [-0.05, 0) is 58.6 Å². The van der Waals surface area contributed by atoms with Gasteiger partial charge in [0, 0.05) is 30.4 Å². The molecule has 1 fully saturated rings. The van der Waals surface area contributed by atoms with E-state index in [0.717, 1.165) is 40.5 Å². The van der Waals surface area contributed by atoms with E-state index < -0.39 is 9.52 Å². The summed E-state index contributed by atoms with van der Waals surface area (Å²) in [7, 11) is -0.0220. The smallest absolute Gasteiger partial charge is 0.241 e. The largest absolute Gasteiger partial charge is 0.473 e. The summed E-state index contributed by atoms with van der Waals surface area (Å²) < 4.78 is 20.0. The summed E-state index contributed by atoms with van der Waals surface area (Å²) in [6, 6.07) is 9.80. The summed E-state index contributed by atoms with van der Waals surface area (Å²) in [6.45, 7) is 0. The van der Waals surface area contributed by atoms with Crippen molar-refractivity contribution in [2.75, 3.05) is 16.8 Å². The van der Waals surface area contributed by atoms with Crippen molar-refractivity contribution in [3.63, 3.8) is 0 Å². The van der Waals surface area contributed by atoms with Gasteiger partial charge >= 0.3 is 0 Å². The predicted octanol–water partition coefficient (Wildman–Crippen LogP) is 2.85. The zero-order valence-corrected chi connectivity index (χ0v) is 16.9. The van der Waals surface area contributed by atoms with E-state index in [4.69, 9.17) is 4.74 Å². The molecule has 1 aliphatic rings. The van der Waals surface area contributed by atoms with Crippen LogP contribution in [0.25, 0.3) is 21.9 Å². The van der Waals surface area contributed by atoms with Gasteiger partial charge in [-0.3, -0.25) is 19.0 Å². The van der Waals surface area contributed by atoms with E-state index in [1.54, 1.807) is 6.20 Å². The Morgan fingerprint density at radius 1 is 1.31 bits per heavy atom. The molecule has 1 saturated heterocycles. The third-order valence-electron chi connectivity index (χ3n) is 5.30. The Bertz CT molecular complexity index is 1290. The molecule has 150 valence electrons. The molecule has 2 N–H and O–H groups in total. The van der Waals surface area contributed by atoms with Crippen LogP contribution in [-0.4, -0.2) is 52.7 Å². The average Bonchev–Trinajstić information content (AvgIpc) is 3.25. The zero-order valence-electron chi connectivity index (χ0n) is 16.1. The first-order valence-electron chi connectivity index (χ1n) is 9.51. The molecule has 9 heteroatoms. The van der Waals surface area contributed by atoms with Crippen LogP contribution in [0, 0.1) is 0 Å². The van der Waals surface area contributed by atoms with E-state index in [1.807, 2.05) is 42.1 Å². The number of aromatic nitrogens is 5. The lowest BCUT2D eigenvalue weighted by Crippen LogP contribution is -2.30. The lowest BCUT2D eigenvalue weighted by Gasteiger charge is -2.24. The van der Waals surface area contributed by atoms with Gasteiger partial charge in [0.15, 0.2) is 5.82 Å². The standard InChI is InChI=1S/C20H22N6O2S/c1-26-17-12-13(22-19-18-16(23-24-19)4-3-9-21-18)5-6-15(17)20(25-26)28-14-7-10-29(2,27)11-8-14/h3-6,9,12,14H,2,7-8,10-11H2,1H3,(H2,22,23,24). The highest BCUT2D eigenvalue weighted by molar-refractivity contribution is 8.00. The number of fused-ring (bicyclic) bond motifs is 2. The van der Waals surface area contributed by atoms with Crippen molar-refractivity contribution in [2.45, 2.75) is 18.9 Å². The van der Waals surface area contributed by atoms with Crippen LogP contribution >= 0.6 is 0 Å². The third kappa shape index (κ3) is 3.42. The highest BCUT2D eigenvalue weighted by atomic mass is 32.2. The maximum absolute atomic E-state index is 12.1. The van der Waals surface area contributed by atoms with Crippen molar-refractivity contribution >= 4 is 48.8 Å². The molecule has 5 rings (SSSR count). The Labute approximate surface area is 168 Å². The zero-order chi connectivity index (χ0) is 20.0. The number of pyridine rings is 1. The first kappa shape index (κ1) is 18.0. The molecule has 29 heavy (non-hydrogen) atoms. The second-order valence-electron chi connectivity index (χ2n) is 7.45. The van der Waals surface area contributed by atoms with Crippen molar-refractivity contribution < 1.29 is 8.95 Å². The fraction of sp³-hybridized carbons (Fsp3) is 0.300. The SMILES string of the molecule is C=S1(=O)CCC(Oc2nn(C)c3cc(Nc4n[nH]c5cccnc45)ccc23)CC1. The Hall–Kier alpha value is -3.07. The molecule has 3 aromatic heterocycles. The quantitative estimate of drug-likeness (QED) is 0.502. The van der Waals surface area contributed by atoms with Gasteiger partial charge in [0.1, 0.15) is 11.6 Å². The maximum Gasteiger partial charge on any atom is 0.241 e. The van der Waals surface area contributed by atoms with Gasteiger partial charge in [0.05, 0.1) is 16.4 Å². The molecule has 0 unspecified atom stereocenters. The number of nitrogens with zero attached hydrogens (tertiary/aromatic N) is 4. The number of aromatic amines is 1. The van der Waals surface area contributed by atoms with Crippen molar-refractivity contribution in [3.05, 3.63) is 36.5 Å². The summed E-state index contributed by atoms with van der Waals surface area (Å²) in [5, 5.41) is 16.1. The lowest BCUT2D eigenvalue weighted by molar-refractivity contribution is 0.184. The Morgan fingerprint density at radius 2 is 2.14 bits per heavy atom. The number of rotatable bonds is 4. The molecule has 4 aromatic rings. The van der Waals surface area contributed by atoms with Crippen LogP contribution in [0.15, 0.2) is 36.5 Å².